The number of nitrogens with zero attached hydrogens (tertiary/aromatic N) is 3. The van der Waals surface area contributed by atoms with Crippen LogP contribution in [0.4, 0.5) is 5.82 Å². The zero-order valence-corrected chi connectivity index (χ0v) is 13.3. The number of rotatable bonds is 5. The van der Waals surface area contributed by atoms with Gasteiger partial charge in [-0.05, 0) is 30.7 Å². The molecule has 0 bridgehead atoms. The summed E-state index contributed by atoms with van der Waals surface area (Å²) in [5.41, 5.74) is 1.42. The maximum atomic E-state index is 12.5. The lowest BCUT2D eigenvalue weighted by Crippen LogP contribution is -2.14. The first-order valence-corrected chi connectivity index (χ1v) is 7.37. The average Bonchev–Trinajstić information content (AvgIpc) is 3.01. The summed E-state index contributed by atoms with van der Waals surface area (Å²) in [4.78, 5) is 20.7. The third-order valence-corrected chi connectivity index (χ3v) is 3.21. The van der Waals surface area contributed by atoms with Gasteiger partial charge >= 0.3 is 0 Å². The number of benzene rings is 1. The van der Waals surface area contributed by atoms with Crippen LogP contribution in [0.2, 0.25) is 0 Å². The standard InChI is InChI=1S/C17H16N4O3/c1-11-7-8-15(18-9-11)20-17(22)13-5-3-4-6-14(13)23-10-16-19-12(2)24-21-16/h3-9H,10H2,1-2H3,(H,18,20,22). The quantitative estimate of drug-likeness (QED) is 0.776. The van der Waals surface area contributed by atoms with E-state index in [2.05, 4.69) is 20.4 Å². The number of ether oxygens (including phenoxy) is 1. The number of nitrogens with one attached hydrogen (secondary N) is 1. The number of hydrogen-bond donors (Lipinski definition) is 1. The maximum absolute atomic E-state index is 12.5. The molecule has 2 heterocycles. The fourth-order valence-electron chi connectivity index (χ4n) is 2.05. The van der Waals surface area contributed by atoms with E-state index < -0.39 is 0 Å². The molecule has 0 aliphatic carbocycles. The highest BCUT2D eigenvalue weighted by atomic mass is 16.5. The van der Waals surface area contributed by atoms with Gasteiger partial charge in [0.25, 0.3) is 5.91 Å². The van der Waals surface area contributed by atoms with Crippen LogP contribution in [-0.4, -0.2) is 21.0 Å². The summed E-state index contributed by atoms with van der Waals surface area (Å²) in [7, 11) is 0. The van der Waals surface area contributed by atoms with Crippen molar-refractivity contribution in [1.82, 2.24) is 15.1 Å². The molecule has 0 spiro atoms. The highest BCUT2D eigenvalue weighted by Gasteiger charge is 2.14. The third kappa shape index (κ3) is 3.75. The molecule has 0 fully saturated rings. The number of anilines is 1. The van der Waals surface area contributed by atoms with Gasteiger partial charge in [0.15, 0.2) is 6.61 Å². The van der Waals surface area contributed by atoms with Gasteiger partial charge < -0.3 is 14.6 Å². The average molecular weight is 324 g/mol. The van der Waals surface area contributed by atoms with Gasteiger partial charge in [-0.3, -0.25) is 4.79 Å². The molecule has 0 saturated carbocycles. The molecule has 0 atom stereocenters. The van der Waals surface area contributed by atoms with Gasteiger partial charge in [0.1, 0.15) is 11.6 Å². The molecule has 3 aromatic rings. The van der Waals surface area contributed by atoms with Crippen molar-refractivity contribution in [3.63, 3.8) is 0 Å². The van der Waals surface area contributed by atoms with E-state index in [1.54, 1.807) is 43.5 Å². The lowest BCUT2D eigenvalue weighted by molar-refractivity contribution is 0.102. The van der Waals surface area contributed by atoms with Gasteiger partial charge in [-0.2, -0.15) is 4.98 Å². The molecule has 7 heteroatoms. The van der Waals surface area contributed by atoms with Crippen LogP contribution in [-0.2, 0) is 6.61 Å². The van der Waals surface area contributed by atoms with Crippen molar-refractivity contribution in [3.8, 4) is 5.75 Å². The van der Waals surface area contributed by atoms with Crippen molar-refractivity contribution in [2.24, 2.45) is 0 Å². The van der Waals surface area contributed by atoms with Gasteiger partial charge in [-0.15, -0.1) is 0 Å². The largest absolute Gasteiger partial charge is 0.485 e. The van der Waals surface area contributed by atoms with Crippen molar-refractivity contribution in [1.29, 1.82) is 0 Å². The Kier molecular flexibility index (Phi) is 4.51. The smallest absolute Gasteiger partial charge is 0.260 e. The second-order valence-electron chi connectivity index (χ2n) is 5.19. The molecule has 122 valence electrons. The van der Waals surface area contributed by atoms with E-state index >= 15 is 0 Å². The summed E-state index contributed by atoms with van der Waals surface area (Å²) in [6.07, 6.45) is 1.69. The summed E-state index contributed by atoms with van der Waals surface area (Å²) in [5.74, 6) is 1.50. The number of aromatic nitrogens is 3. The zero-order valence-electron chi connectivity index (χ0n) is 13.3. The van der Waals surface area contributed by atoms with Crippen molar-refractivity contribution < 1.29 is 14.1 Å². The monoisotopic (exact) mass is 324 g/mol. The molecule has 1 N–H and O–H groups in total. The van der Waals surface area contributed by atoms with Crippen LogP contribution in [0.3, 0.4) is 0 Å². The maximum Gasteiger partial charge on any atom is 0.260 e. The minimum atomic E-state index is -0.300. The van der Waals surface area contributed by atoms with Gasteiger partial charge in [0.2, 0.25) is 11.7 Å². The lowest BCUT2D eigenvalue weighted by Gasteiger charge is -2.10. The van der Waals surface area contributed by atoms with E-state index in [-0.39, 0.29) is 12.5 Å². The fraction of sp³-hybridized carbons (Fsp3) is 0.176. The van der Waals surface area contributed by atoms with Gasteiger partial charge in [0, 0.05) is 13.1 Å². The summed E-state index contributed by atoms with van der Waals surface area (Å²) in [6, 6.07) is 10.6. The summed E-state index contributed by atoms with van der Waals surface area (Å²) < 4.78 is 10.5. The van der Waals surface area contributed by atoms with E-state index in [9.17, 15) is 4.79 Å². The minimum absolute atomic E-state index is 0.115. The van der Waals surface area contributed by atoms with Crippen LogP contribution in [0.5, 0.6) is 5.75 Å². The van der Waals surface area contributed by atoms with Crippen molar-refractivity contribution in [2.45, 2.75) is 20.5 Å². The van der Waals surface area contributed by atoms with Gasteiger partial charge in [0.05, 0.1) is 5.56 Å². The molecular weight excluding hydrogens is 308 g/mol. The van der Waals surface area contributed by atoms with E-state index in [1.807, 2.05) is 13.0 Å². The van der Waals surface area contributed by atoms with E-state index in [0.717, 1.165) is 5.56 Å². The summed E-state index contributed by atoms with van der Waals surface area (Å²) in [5, 5.41) is 6.51. The molecule has 3 rings (SSSR count). The van der Waals surface area contributed by atoms with E-state index in [4.69, 9.17) is 9.26 Å². The molecule has 0 saturated heterocycles. The highest BCUT2D eigenvalue weighted by molar-refractivity contribution is 6.05. The molecule has 2 aromatic heterocycles. The Labute approximate surface area is 138 Å². The number of carbonyl (C=O) groups excluding carboxylic acids is 1. The Morgan fingerprint density at radius 1 is 1.21 bits per heavy atom. The van der Waals surface area contributed by atoms with Gasteiger partial charge in [-0.1, -0.05) is 23.4 Å². The van der Waals surface area contributed by atoms with Crippen LogP contribution in [0.15, 0.2) is 47.1 Å². The number of carbonyl (C=O) groups is 1. The Morgan fingerprint density at radius 2 is 2.04 bits per heavy atom. The molecule has 1 aromatic carbocycles. The SMILES string of the molecule is Cc1ccc(NC(=O)c2ccccc2OCc2noc(C)n2)nc1. The predicted octanol–water partition coefficient (Wildman–Crippen LogP) is 2.91. The second-order valence-corrected chi connectivity index (χ2v) is 5.19. The van der Waals surface area contributed by atoms with Crippen LogP contribution >= 0.6 is 0 Å². The highest BCUT2D eigenvalue weighted by Crippen LogP contribution is 2.20. The molecule has 7 nitrogen and oxygen atoms in total. The first-order valence-electron chi connectivity index (χ1n) is 7.37. The van der Waals surface area contributed by atoms with Crippen molar-refractivity contribution >= 4 is 11.7 Å². The molecule has 24 heavy (non-hydrogen) atoms. The van der Waals surface area contributed by atoms with Crippen LogP contribution in [0.1, 0.15) is 27.6 Å². The first-order chi connectivity index (χ1) is 11.6. The number of amides is 1. The topological polar surface area (TPSA) is 90.1 Å². The number of hydrogen-bond acceptors (Lipinski definition) is 6. The van der Waals surface area contributed by atoms with Crippen LogP contribution in [0.25, 0.3) is 0 Å². The first kappa shape index (κ1) is 15.7. The van der Waals surface area contributed by atoms with Gasteiger partial charge in [-0.25, -0.2) is 4.98 Å². The normalized spacial score (nSPS) is 10.4. The molecular formula is C17H16N4O3. The number of pyridine rings is 1. The second kappa shape index (κ2) is 6.91. The molecule has 0 aliphatic rings. The minimum Gasteiger partial charge on any atom is -0.485 e. The zero-order chi connectivity index (χ0) is 16.9. The Hall–Kier alpha value is -3.22. The van der Waals surface area contributed by atoms with Crippen LogP contribution < -0.4 is 10.1 Å². The van der Waals surface area contributed by atoms with E-state index in [1.165, 1.54) is 0 Å². The number of aryl methyl sites for hydroxylation is 2. The summed E-state index contributed by atoms with van der Waals surface area (Å²) >= 11 is 0. The fourth-order valence-corrected chi connectivity index (χ4v) is 2.05. The molecule has 0 radical (unpaired) electrons. The Morgan fingerprint density at radius 3 is 2.75 bits per heavy atom. The third-order valence-electron chi connectivity index (χ3n) is 3.21. The number of para-hydroxylation sites is 1. The molecule has 0 aliphatic heterocycles. The van der Waals surface area contributed by atoms with Crippen molar-refractivity contribution in [2.75, 3.05) is 5.32 Å². The Balaban J connectivity index is 1.72. The molecule has 1 amide bonds. The van der Waals surface area contributed by atoms with Crippen LogP contribution in [0, 0.1) is 13.8 Å². The molecule has 0 unspecified atom stereocenters. The Bertz CT molecular complexity index is 843. The predicted molar refractivity (Wildman–Crippen MR) is 86.7 cm³/mol. The van der Waals surface area contributed by atoms with E-state index in [0.29, 0.717) is 28.8 Å². The summed E-state index contributed by atoms with van der Waals surface area (Å²) in [6.45, 7) is 3.75. The van der Waals surface area contributed by atoms with Crippen molar-refractivity contribution in [3.05, 3.63) is 65.4 Å². The lowest BCUT2D eigenvalue weighted by atomic mass is 10.2.